The highest BCUT2D eigenvalue weighted by Gasteiger charge is 2.43. The van der Waals surface area contributed by atoms with Gasteiger partial charge in [0.1, 0.15) is 17.0 Å². The van der Waals surface area contributed by atoms with Crippen LogP contribution in [0, 0.1) is 5.41 Å². The Kier molecular flexibility index (Phi) is 5.94. The Bertz CT molecular complexity index is 1350. The minimum Gasteiger partial charge on any atom is -0.488 e. The Balaban J connectivity index is 1.52. The number of amides is 1. The summed E-state index contributed by atoms with van der Waals surface area (Å²) in [6.07, 6.45) is 3.38. The van der Waals surface area contributed by atoms with Crippen molar-refractivity contribution in [3.8, 4) is 28.6 Å². The predicted molar refractivity (Wildman–Crippen MR) is 134 cm³/mol. The lowest BCUT2D eigenvalue weighted by Gasteiger charge is -2.38. The van der Waals surface area contributed by atoms with Crippen LogP contribution in [0.2, 0.25) is 0 Å². The van der Waals surface area contributed by atoms with Gasteiger partial charge in [-0.2, -0.15) is 0 Å². The standard InChI is InChI=1S/C26H25N5O3S/c1-15(2)33-17-12-27-23(28-13-17)16-9-10-19-21(11-16)34-20-8-6-5-7-18(20)22(19)26(3,4)24(32)30-25-31-29-14-35-25/h5-15,22H,1-4H3,(H,30,31,32)/t22-/m0/s1. The molecule has 1 amide bonds. The minimum atomic E-state index is -0.811. The highest BCUT2D eigenvalue weighted by Crippen LogP contribution is 2.52. The van der Waals surface area contributed by atoms with E-state index in [0.717, 1.165) is 22.4 Å². The third-order valence-corrected chi connectivity index (χ3v) is 6.53. The van der Waals surface area contributed by atoms with E-state index < -0.39 is 5.41 Å². The molecular weight excluding hydrogens is 462 g/mol. The number of carbonyl (C=O) groups is 1. The molecule has 5 rings (SSSR count). The quantitative estimate of drug-likeness (QED) is 0.373. The molecule has 0 radical (unpaired) electrons. The van der Waals surface area contributed by atoms with E-state index in [-0.39, 0.29) is 17.9 Å². The van der Waals surface area contributed by atoms with Crippen LogP contribution in [0.15, 0.2) is 60.4 Å². The molecule has 8 nitrogen and oxygen atoms in total. The van der Waals surface area contributed by atoms with Crippen molar-refractivity contribution in [3.63, 3.8) is 0 Å². The first-order valence-corrected chi connectivity index (χ1v) is 12.2. The van der Waals surface area contributed by atoms with Crippen LogP contribution >= 0.6 is 11.3 Å². The number of nitrogens with zero attached hydrogens (tertiary/aromatic N) is 4. The van der Waals surface area contributed by atoms with E-state index in [9.17, 15) is 4.79 Å². The van der Waals surface area contributed by atoms with E-state index in [1.165, 1.54) is 11.3 Å². The van der Waals surface area contributed by atoms with E-state index in [1.54, 1.807) is 17.9 Å². The maximum Gasteiger partial charge on any atom is 0.232 e. The summed E-state index contributed by atoms with van der Waals surface area (Å²) < 4.78 is 11.9. The fraction of sp³-hybridized carbons (Fsp3) is 0.269. The Morgan fingerprint density at radius 1 is 1.09 bits per heavy atom. The van der Waals surface area contributed by atoms with Crippen molar-refractivity contribution in [2.75, 3.05) is 5.32 Å². The molecule has 1 aliphatic heterocycles. The number of ether oxygens (including phenoxy) is 2. The summed E-state index contributed by atoms with van der Waals surface area (Å²) in [5.41, 5.74) is 3.47. The van der Waals surface area contributed by atoms with Crippen LogP contribution < -0.4 is 14.8 Å². The predicted octanol–water partition coefficient (Wildman–Crippen LogP) is 5.68. The third-order valence-electron chi connectivity index (χ3n) is 5.92. The fourth-order valence-corrected chi connectivity index (χ4v) is 4.73. The molecular formula is C26H25N5O3S. The zero-order chi connectivity index (χ0) is 24.6. The number of rotatable bonds is 6. The smallest absolute Gasteiger partial charge is 0.232 e. The molecule has 0 fully saturated rings. The minimum absolute atomic E-state index is 0.0472. The second-order valence-corrected chi connectivity index (χ2v) is 9.99. The second-order valence-electron chi connectivity index (χ2n) is 9.15. The van der Waals surface area contributed by atoms with Crippen LogP contribution in [-0.4, -0.2) is 32.2 Å². The van der Waals surface area contributed by atoms with Crippen molar-refractivity contribution in [1.82, 2.24) is 20.2 Å². The van der Waals surface area contributed by atoms with Gasteiger partial charge in [0, 0.05) is 22.6 Å². The normalized spacial score (nSPS) is 14.6. The SMILES string of the molecule is CC(C)Oc1cnc(-c2ccc3c(c2)Oc2ccccc2[C@@H]3C(C)(C)C(=O)Nc2nncs2)nc1. The molecule has 1 atom stereocenters. The van der Waals surface area contributed by atoms with Crippen molar-refractivity contribution in [2.45, 2.75) is 39.7 Å². The lowest BCUT2D eigenvalue weighted by atomic mass is 9.69. The van der Waals surface area contributed by atoms with Gasteiger partial charge in [-0.15, -0.1) is 10.2 Å². The largest absolute Gasteiger partial charge is 0.488 e. The van der Waals surface area contributed by atoms with Gasteiger partial charge in [0.25, 0.3) is 0 Å². The average molecular weight is 488 g/mol. The number of nitrogens with one attached hydrogen (secondary N) is 1. The molecule has 4 aromatic rings. The lowest BCUT2D eigenvalue weighted by Crippen LogP contribution is -2.38. The number of para-hydroxylation sites is 1. The lowest BCUT2D eigenvalue weighted by molar-refractivity contribution is -0.124. The summed E-state index contributed by atoms with van der Waals surface area (Å²) in [5, 5.41) is 11.2. The summed E-state index contributed by atoms with van der Waals surface area (Å²) >= 11 is 1.29. The number of benzene rings is 2. The highest BCUT2D eigenvalue weighted by molar-refractivity contribution is 7.13. The molecule has 35 heavy (non-hydrogen) atoms. The zero-order valence-electron chi connectivity index (χ0n) is 19.9. The molecule has 9 heteroatoms. The van der Waals surface area contributed by atoms with Crippen LogP contribution in [0.1, 0.15) is 44.7 Å². The Hall–Kier alpha value is -3.85. The van der Waals surface area contributed by atoms with Crippen molar-refractivity contribution in [2.24, 2.45) is 5.41 Å². The molecule has 178 valence electrons. The van der Waals surface area contributed by atoms with Crippen LogP contribution in [-0.2, 0) is 4.79 Å². The van der Waals surface area contributed by atoms with Gasteiger partial charge in [0.2, 0.25) is 11.0 Å². The summed E-state index contributed by atoms with van der Waals surface area (Å²) in [6, 6.07) is 13.7. The molecule has 1 aliphatic rings. The summed E-state index contributed by atoms with van der Waals surface area (Å²) in [5.74, 6) is 2.20. The van der Waals surface area contributed by atoms with Crippen LogP contribution in [0.4, 0.5) is 5.13 Å². The van der Waals surface area contributed by atoms with Gasteiger partial charge in [-0.3, -0.25) is 4.79 Å². The Morgan fingerprint density at radius 3 is 2.54 bits per heavy atom. The number of carbonyl (C=O) groups excluding carboxylic acids is 1. The first-order chi connectivity index (χ1) is 16.8. The van der Waals surface area contributed by atoms with Gasteiger partial charge in [-0.1, -0.05) is 55.5 Å². The number of hydrogen-bond acceptors (Lipinski definition) is 8. The topological polar surface area (TPSA) is 99.1 Å². The first kappa shape index (κ1) is 22.9. The molecule has 0 saturated heterocycles. The molecule has 2 aromatic carbocycles. The molecule has 0 unspecified atom stereocenters. The average Bonchev–Trinajstić information content (AvgIpc) is 3.35. The van der Waals surface area contributed by atoms with Crippen molar-refractivity contribution in [1.29, 1.82) is 0 Å². The van der Waals surface area contributed by atoms with Gasteiger partial charge in [0.15, 0.2) is 11.6 Å². The third kappa shape index (κ3) is 4.46. The van der Waals surface area contributed by atoms with E-state index in [1.807, 2.05) is 70.2 Å². The van der Waals surface area contributed by atoms with Gasteiger partial charge in [-0.05, 0) is 26.0 Å². The summed E-state index contributed by atoms with van der Waals surface area (Å²) in [7, 11) is 0. The summed E-state index contributed by atoms with van der Waals surface area (Å²) in [4.78, 5) is 22.3. The molecule has 0 bridgehead atoms. The van der Waals surface area contributed by atoms with E-state index in [2.05, 4.69) is 25.5 Å². The van der Waals surface area contributed by atoms with Gasteiger partial charge in [0.05, 0.1) is 23.9 Å². The number of aromatic nitrogens is 4. The molecule has 0 saturated carbocycles. The van der Waals surface area contributed by atoms with E-state index in [4.69, 9.17) is 9.47 Å². The maximum atomic E-state index is 13.4. The molecule has 3 heterocycles. The van der Waals surface area contributed by atoms with Crippen LogP contribution in [0.5, 0.6) is 17.2 Å². The van der Waals surface area contributed by atoms with Gasteiger partial charge >= 0.3 is 0 Å². The maximum absolute atomic E-state index is 13.4. The first-order valence-electron chi connectivity index (χ1n) is 11.3. The van der Waals surface area contributed by atoms with Crippen LogP contribution in [0.3, 0.4) is 0 Å². The molecule has 0 spiro atoms. The van der Waals surface area contributed by atoms with Gasteiger partial charge in [-0.25, -0.2) is 9.97 Å². The van der Waals surface area contributed by atoms with Crippen molar-refractivity contribution in [3.05, 3.63) is 71.5 Å². The molecule has 2 aromatic heterocycles. The van der Waals surface area contributed by atoms with E-state index >= 15 is 0 Å². The number of anilines is 1. The van der Waals surface area contributed by atoms with Crippen LogP contribution in [0.25, 0.3) is 11.4 Å². The molecule has 0 aliphatic carbocycles. The number of hydrogen-bond donors (Lipinski definition) is 1. The monoisotopic (exact) mass is 487 g/mol. The molecule has 1 N–H and O–H groups in total. The van der Waals surface area contributed by atoms with Crippen molar-refractivity contribution >= 4 is 22.4 Å². The Morgan fingerprint density at radius 2 is 1.83 bits per heavy atom. The fourth-order valence-electron chi connectivity index (χ4n) is 4.29. The van der Waals surface area contributed by atoms with Gasteiger partial charge < -0.3 is 14.8 Å². The van der Waals surface area contributed by atoms with E-state index in [0.29, 0.717) is 22.5 Å². The number of fused-ring (bicyclic) bond motifs is 2. The summed E-state index contributed by atoms with van der Waals surface area (Å²) in [6.45, 7) is 7.78. The van der Waals surface area contributed by atoms with Crippen molar-refractivity contribution < 1.29 is 14.3 Å². The zero-order valence-corrected chi connectivity index (χ0v) is 20.7. The second kappa shape index (κ2) is 9.07. The highest BCUT2D eigenvalue weighted by atomic mass is 32.1. The Labute approximate surface area is 207 Å².